The summed E-state index contributed by atoms with van der Waals surface area (Å²) >= 11 is 0. The first-order valence-electron chi connectivity index (χ1n) is 10.2. The van der Waals surface area contributed by atoms with Crippen molar-refractivity contribution >= 4 is 15.9 Å². The van der Waals surface area contributed by atoms with Gasteiger partial charge in [-0.05, 0) is 48.9 Å². The Morgan fingerprint density at radius 2 is 1.72 bits per heavy atom. The van der Waals surface area contributed by atoms with Gasteiger partial charge in [-0.15, -0.1) is 0 Å². The molecule has 1 atom stereocenters. The van der Waals surface area contributed by atoms with Gasteiger partial charge >= 0.3 is 0 Å². The topological polar surface area (TPSA) is 103 Å². The van der Waals surface area contributed by atoms with Crippen LogP contribution in [0, 0.1) is 0 Å². The van der Waals surface area contributed by atoms with Gasteiger partial charge in [-0.1, -0.05) is 6.07 Å². The van der Waals surface area contributed by atoms with E-state index in [-0.39, 0.29) is 23.5 Å². The first-order valence-corrected chi connectivity index (χ1v) is 11.6. The van der Waals surface area contributed by atoms with E-state index in [9.17, 15) is 13.2 Å². The van der Waals surface area contributed by atoms with Crippen molar-refractivity contribution in [1.82, 2.24) is 9.62 Å². The molecule has 174 valence electrons. The Hall–Kier alpha value is -2.82. The molecular formula is C22H28N2O7S. The second-order valence-corrected chi connectivity index (χ2v) is 9.12. The first kappa shape index (κ1) is 23.8. The molecule has 0 bridgehead atoms. The van der Waals surface area contributed by atoms with Crippen LogP contribution in [0.3, 0.4) is 0 Å². The Bertz CT molecular complexity index is 1020. The molecular weight excluding hydrogens is 436 g/mol. The average Bonchev–Trinajstić information content (AvgIpc) is 2.83. The van der Waals surface area contributed by atoms with E-state index in [1.165, 1.54) is 16.4 Å². The predicted octanol–water partition coefficient (Wildman–Crippen LogP) is 1.98. The molecule has 0 aliphatic carbocycles. The van der Waals surface area contributed by atoms with Gasteiger partial charge in [-0.3, -0.25) is 4.79 Å². The Morgan fingerprint density at radius 1 is 1.06 bits per heavy atom. The zero-order chi connectivity index (χ0) is 23.1. The summed E-state index contributed by atoms with van der Waals surface area (Å²) in [5.41, 5.74) is 0.855. The number of ether oxygens (including phenoxy) is 4. The van der Waals surface area contributed by atoms with Crippen molar-refractivity contribution in [3.05, 3.63) is 48.0 Å². The van der Waals surface area contributed by atoms with Crippen LogP contribution in [0.4, 0.5) is 0 Å². The Morgan fingerprint density at radius 3 is 2.34 bits per heavy atom. The highest BCUT2D eigenvalue weighted by Gasteiger charge is 2.26. The van der Waals surface area contributed by atoms with Crippen LogP contribution >= 0.6 is 0 Å². The molecule has 0 unspecified atom stereocenters. The van der Waals surface area contributed by atoms with Crippen LogP contribution in [-0.4, -0.2) is 65.8 Å². The summed E-state index contributed by atoms with van der Waals surface area (Å²) in [7, 11) is -0.456. The summed E-state index contributed by atoms with van der Waals surface area (Å²) in [4.78, 5) is 12.5. The average molecular weight is 465 g/mol. The Labute approximate surface area is 188 Å². The highest BCUT2D eigenvalue weighted by molar-refractivity contribution is 7.89. The van der Waals surface area contributed by atoms with Gasteiger partial charge in [0.25, 0.3) is 5.91 Å². The van der Waals surface area contributed by atoms with Crippen LogP contribution < -0.4 is 19.5 Å². The zero-order valence-corrected chi connectivity index (χ0v) is 19.2. The van der Waals surface area contributed by atoms with Crippen LogP contribution in [-0.2, 0) is 19.6 Å². The number of carbonyl (C=O) groups is 1. The summed E-state index contributed by atoms with van der Waals surface area (Å²) in [5, 5.41) is 2.86. The maximum absolute atomic E-state index is 12.7. The number of morpholine rings is 1. The fourth-order valence-electron chi connectivity index (χ4n) is 3.28. The lowest BCUT2D eigenvalue weighted by atomic mass is 10.1. The van der Waals surface area contributed by atoms with Crippen molar-refractivity contribution in [2.24, 2.45) is 0 Å². The molecule has 10 heteroatoms. The third kappa shape index (κ3) is 5.70. The minimum atomic E-state index is -3.57. The molecule has 1 N–H and O–H groups in total. The molecule has 0 aromatic heterocycles. The SMILES string of the molecule is COc1ccc([C@H](C)NC(=O)COc2ccc(S(=O)(=O)N3CCOCC3)cc2)cc1OC. The van der Waals surface area contributed by atoms with Crippen molar-refractivity contribution in [2.45, 2.75) is 17.9 Å². The fraction of sp³-hybridized carbons (Fsp3) is 0.409. The van der Waals surface area contributed by atoms with E-state index in [0.29, 0.717) is 43.6 Å². The Balaban J connectivity index is 1.54. The number of nitrogens with zero attached hydrogens (tertiary/aromatic N) is 1. The van der Waals surface area contributed by atoms with Gasteiger partial charge in [0.2, 0.25) is 10.0 Å². The van der Waals surface area contributed by atoms with E-state index in [2.05, 4.69) is 5.32 Å². The molecule has 1 saturated heterocycles. The molecule has 3 rings (SSSR count). The lowest BCUT2D eigenvalue weighted by Crippen LogP contribution is -2.40. The number of carbonyl (C=O) groups excluding carboxylic acids is 1. The number of amides is 1. The molecule has 32 heavy (non-hydrogen) atoms. The minimum Gasteiger partial charge on any atom is -0.493 e. The number of sulfonamides is 1. The van der Waals surface area contributed by atoms with Gasteiger partial charge in [0.15, 0.2) is 18.1 Å². The summed E-state index contributed by atoms with van der Waals surface area (Å²) in [5.74, 6) is 1.28. The molecule has 1 aliphatic heterocycles. The summed E-state index contributed by atoms with van der Waals surface area (Å²) in [6.45, 7) is 3.09. The van der Waals surface area contributed by atoms with Crippen LogP contribution in [0.5, 0.6) is 17.2 Å². The number of methoxy groups -OCH3 is 2. The summed E-state index contributed by atoms with van der Waals surface area (Å²) in [6.07, 6.45) is 0. The lowest BCUT2D eigenvalue weighted by molar-refractivity contribution is -0.123. The fourth-order valence-corrected chi connectivity index (χ4v) is 4.69. The predicted molar refractivity (Wildman–Crippen MR) is 118 cm³/mol. The normalized spacial score (nSPS) is 15.6. The second-order valence-electron chi connectivity index (χ2n) is 7.18. The van der Waals surface area contributed by atoms with E-state index in [4.69, 9.17) is 18.9 Å². The molecule has 0 saturated carbocycles. The van der Waals surface area contributed by atoms with Crippen LogP contribution in [0.25, 0.3) is 0 Å². The van der Waals surface area contributed by atoms with E-state index in [1.807, 2.05) is 13.0 Å². The highest BCUT2D eigenvalue weighted by Crippen LogP contribution is 2.29. The largest absolute Gasteiger partial charge is 0.493 e. The quantitative estimate of drug-likeness (QED) is 0.605. The van der Waals surface area contributed by atoms with Crippen molar-refractivity contribution in [1.29, 1.82) is 0 Å². The van der Waals surface area contributed by atoms with Crippen molar-refractivity contribution in [3.8, 4) is 17.2 Å². The summed E-state index contributed by atoms with van der Waals surface area (Å²) in [6, 6.07) is 11.2. The Kier molecular flexibility index (Phi) is 7.94. The summed E-state index contributed by atoms with van der Waals surface area (Å²) < 4.78 is 47.9. The maximum Gasteiger partial charge on any atom is 0.258 e. The van der Waals surface area contributed by atoms with Crippen molar-refractivity contribution in [2.75, 3.05) is 47.1 Å². The second kappa shape index (κ2) is 10.7. The van der Waals surface area contributed by atoms with Crippen molar-refractivity contribution < 1.29 is 32.2 Å². The number of nitrogens with one attached hydrogen (secondary N) is 1. The first-order chi connectivity index (χ1) is 15.3. The van der Waals surface area contributed by atoms with Gasteiger partial charge in [0, 0.05) is 13.1 Å². The smallest absolute Gasteiger partial charge is 0.258 e. The van der Waals surface area contributed by atoms with Gasteiger partial charge in [-0.2, -0.15) is 4.31 Å². The third-order valence-corrected chi connectivity index (χ3v) is 7.00. The van der Waals surface area contributed by atoms with Gasteiger partial charge in [0.1, 0.15) is 5.75 Å². The monoisotopic (exact) mass is 464 g/mol. The number of benzene rings is 2. The van der Waals surface area contributed by atoms with E-state index in [0.717, 1.165) is 5.56 Å². The third-order valence-electron chi connectivity index (χ3n) is 5.09. The molecule has 2 aromatic rings. The van der Waals surface area contributed by atoms with Crippen molar-refractivity contribution in [3.63, 3.8) is 0 Å². The molecule has 0 radical (unpaired) electrons. The number of rotatable bonds is 9. The van der Waals surface area contributed by atoms with E-state index in [1.54, 1.807) is 38.5 Å². The van der Waals surface area contributed by atoms with Gasteiger partial charge in [0.05, 0.1) is 38.4 Å². The van der Waals surface area contributed by atoms with Crippen LogP contribution in [0.1, 0.15) is 18.5 Å². The molecule has 1 fully saturated rings. The van der Waals surface area contributed by atoms with Crippen LogP contribution in [0.15, 0.2) is 47.4 Å². The van der Waals surface area contributed by atoms with Crippen LogP contribution in [0.2, 0.25) is 0 Å². The highest BCUT2D eigenvalue weighted by atomic mass is 32.2. The molecule has 1 amide bonds. The van der Waals surface area contributed by atoms with Gasteiger partial charge < -0.3 is 24.3 Å². The maximum atomic E-state index is 12.7. The molecule has 1 aliphatic rings. The minimum absolute atomic E-state index is 0.179. The zero-order valence-electron chi connectivity index (χ0n) is 18.4. The van der Waals surface area contributed by atoms with E-state index >= 15 is 0 Å². The molecule has 9 nitrogen and oxygen atoms in total. The van der Waals surface area contributed by atoms with E-state index < -0.39 is 10.0 Å². The number of hydrogen-bond donors (Lipinski definition) is 1. The lowest BCUT2D eigenvalue weighted by Gasteiger charge is -2.26. The standard InChI is InChI=1S/C22H28N2O7S/c1-16(17-4-9-20(28-2)21(14-17)29-3)23-22(25)15-31-18-5-7-19(8-6-18)32(26,27)24-10-12-30-13-11-24/h4-9,14,16H,10-13,15H2,1-3H3,(H,23,25)/t16-/m0/s1. The number of hydrogen-bond acceptors (Lipinski definition) is 7. The molecule has 1 heterocycles. The molecule has 2 aromatic carbocycles. The molecule has 0 spiro atoms. The van der Waals surface area contributed by atoms with Gasteiger partial charge in [-0.25, -0.2) is 8.42 Å².